The lowest BCUT2D eigenvalue weighted by Crippen LogP contribution is -2.56. The zero-order valence-corrected chi connectivity index (χ0v) is 17.4. The Bertz CT molecular complexity index is 646. The summed E-state index contributed by atoms with van der Waals surface area (Å²) in [4.78, 5) is 37.4. The van der Waals surface area contributed by atoms with Crippen molar-refractivity contribution >= 4 is 17.8 Å². The maximum absolute atomic E-state index is 12.9. The van der Waals surface area contributed by atoms with Crippen molar-refractivity contribution in [3.8, 4) is 0 Å². The van der Waals surface area contributed by atoms with Crippen LogP contribution in [0.15, 0.2) is 30.3 Å². The zero-order valence-electron chi connectivity index (χ0n) is 17.4. The number of benzene rings is 1. The van der Waals surface area contributed by atoms with E-state index in [2.05, 4.69) is 10.6 Å². The Hall–Kier alpha value is -2.41. The quantitative estimate of drug-likeness (QED) is 0.522. The number of rotatable bonds is 10. The Morgan fingerprint density at radius 1 is 0.964 bits per heavy atom. The SMILES string of the molecule is COC(=O)[C@H](Cc1ccccc1)NC(=O)[C@@H](CC(C)C)NC(=O)[C@@H](N)C(C)C. The van der Waals surface area contributed by atoms with Crippen LogP contribution in [0.25, 0.3) is 0 Å². The number of carbonyl (C=O) groups is 3. The van der Waals surface area contributed by atoms with E-state index in [0.29, 0.717) is 12.8 Å². The molecule has 0 unspecified atom stereocenters. The maximum atomic E-state index is 12.9. The molecule has 2 amide bonds. The Labute approximate surface area is 167 Å². The lowest BCUT2D eigenvalue weighted by atomic mass is 9.99. The number of nitrogens with two attached hydrogens (primary N) is 1. The summed E-state index contributed by atoms with van der Waals surface area (Å²) in [6.45, 7) is 7.59. The highest BCUT2D eigenvalue weighted by atomic mass is 16.5. The van der Waals surface area contributed by atoms with Gasteiger partial charge in [-0.25, -0.2) is 4.79 Å². The van der Waals surface area contributed by atoms with Crippen LogP contribution in [0.3, 0.4) is 0 Å². The average molecular weight is 392 g/mol. The van der Waals surface area contributed by atoms with Gasteiger partial charge in [0, 0.05) is 6.42 Å². The molecule has 7 heteroatoms. The Morgan fingerprint density at radius 2 is 1.54 bits per heavy atom. The highest BCUT2D eigenvalue weighted by molar-refractivity contribution is 5.92. The fourth-order valence-electron chi connectivity index (χ4n) is 2.73. The van der Waals surface area contributed by atoms with Gasteiger partial charge in [-0.15, -0.1) is 0 Å². The van der Waals surface area contributed by atoms with Gasteiger partial charge < -0.3 is 21.1 Å². The van der Waals surface area contributed by atoms with E-state index in [-0.39, 0.29) is 17.7 Å². The van der Waals surface area contributed by atoms with Crippen molar-refractivity contribution in [1.82, 2.24) is 10.6 Å². The summed E-state index contributed by atoms with van der Waals surface area (Å²) >= 11 is 0. The first-order valence-electron chi connectivity index (χ1n) is 9.63. The lowest BCUT2D eigenvalue weighted by molar-refractivity contribution is -0.145. The normalized spacial score (nSPS) is 14.3. The molecule has 0 bridgehead atoms. The van der Waals surface area contributed by atoms with Crippen LogP contribution in [0.1, 0.15) is 39.7 Å². The van der Waals surface area contributed by atoms with Crippen LogP contribution < -0.4 is 16.4 Å². The van der Waals surface area contributed by atoms with E-state index >= 15 is 0 Å². The predicted octanol–water partition coefficient (Wildman–Crippen LogP) is 1.40. The van der Waals surface area contributed by atoms with Crippen molar-refractivity contribution in [2.24, 2.45) is 17.6 Å². The molecule has 4 N–H and O–H groups in total. The minimum Gasteiger partial charge on any atom is -0.467 e. The summed E-state index contributed by atoms with van der Waals surface area (Å²) in [5.74, 6) is -1.23. The number of amides is 2. The van der Waals surface area contributed by atoms with Gasteiger partial charge in [0.15, 0.2) is 0 Å². The van der Waals surface area contributed by atoms with Crippen LogP contribution in [0.2, 0.25) is 0 Å². The fraction of sp³-hybridized carbons (Fsp3) is 0.571. The summed E-state index contributed by atoms with van der Waals surface area (Å²) in [5.41, 5.74) is 6.79. The van der Waals surface area contributed by atoms with Gasteiger partial charge in [0.25, 0.3) is 0 Å². The first-order chi connectivity index (χ1) is 13.1. The minimum absolute atomic E-state index is 0.0522. The monoisotopic (exact) mass is 391 g/mol. The topological polar surface area (TPSA) is 111 Å². The molecule has 0 aromatic heterocycles. The first kappa shape index (κ1) is 23.6. The van der Waals surface area contributed by atoms with Gasteiger partial charge in [-0.2, -0.15) is 0 Å². The van der Waals surface area contributed by atoms with Gasteiger partial charge in [-0.3, -0.25) is 9.59 Å². The third-order valence-electron chi connectivity index (χ3n) is 4.45. The molecule has 0 saturated heterocycles. The lowest BCUT2D eigenvalue weighted by Gasteiger charge is -2.25. The van der Waals surface area contributed by atoms with Crippen molar-refractivity contribution in [3.63, 3.8) is 0 Å². The Kier molecular flexibility index (Phi) is 9.65. The molecule has 0 saturated carbocycles. The van der Waals surface area contributed by atoms with Crippen LogP contribution >= 0.6 is 0 Å². The van der Waals surface area contributed by atoms with E-state index in [1.165, 1.54) is 7.11 Å². The van der Waals surface area contributed by atoms with Crippen LogP contribution in [0, 0.1) is 11.8 Å². The molecule has 0 aliphatic rings. The van der Waals surface area contributed by atoms with Gasteiger partial charge in [0.05, 0.1) is 13.2 Å². The third kappa shape index (κ3) is 7.68. The second-order valence-electron chi connectivity index (χ2n) is 7.73. The van der Waals surface area contributed by atoms with E-state index in [0.717, 1.165) is 5.56 Å². The molecular formula is C21H33N3O4. The molecule has 3 atom stereocenters. The summed E-state index contributed by atoms with van der Waals surface area (Å²) in [7, 11) is 1.28. The van der Waals surface area contributed by atoms with Crippen LogP contribution in [0.5, 0.6) is 0 Å². The van der Waals surface area contributed by atoms with Crippen molar-refractivity contribution in [1.29, 1.82) is 0 Å². The van der Waals surface area contributed by atoms with Crippen LogP contribution in [-0.4, -0.2) is 43.0 Å². The Balaban J connectivity index is 2.91. The van der Waals surface area contributed by atoms with Gasteiger partial charge in [0.2, 0.25) is 11.8 Å². The largest absolute Gasteiger partial charge is 0.467 e. The van der Waals surface area contributed by atoms with Crippen LogP contribution in [0.4, 0.5) is 0 Å². The number of hydrogen-bond donors (Lipinski definition) is 3. The van der Waals surface area contributed by atoms with Crippen LogP contribution in [-0.2, 0) is 25.5 Å². The molecule has 0 aliphatic heterocycles. The minimum atomic E-state index is -0.842. The number of nitrogens with one attached hydrogen (secondary N) is 2. The van der Waals surface area contributed by atoms with Crippen molar-refractivity contribution in [3.05, 3.63) is 35.9 Å². The third-order valence-corrected chi connectivity index (χ3v) is 4.45. The van der Waals surface area contributed by atoms with Crippen molar-refractivity contribution in [2.45, 2.75) is 58.7 Å². The van der Waals surface area contributed by atoms with Crippen molar-refractivity contribution < 1.29 is 19.1 Å². The molecule has 1 rings (SSSR count). The molecular weight excluding hydrogens is 358 g/mol. The van der Waals surface area contributed by atoms with Gasteiger partial charge in [-0.1, -0.05) is 58.0 Å². The summed E-state index contributed by atoms with van der Waals surface area (Å²) in [6.07, 6.45) is 0.731. The molecule has 0 heterocycles. The highest BCUT2D eigenvalue weighted by Gasteiger charge is 2.29. The molecule has 0 radical (unpaired) electrons. The predicted molar refractivity (Wildman–Crippen MR) is 108 cm³/mol. The highest BCUT2D eigenvalue weighted by Crippen LogP contribution is 2.09. The molecule has 0 fully saturated rings. The van der Waals surface area contributed by atoms with Gasteiger partial charge in [0.1, 0.15) is 12.1 Å². The molecule has 0 spiro atoms. The molecule has 0 aliphatic carbocycles. The molecule has 28 heavy (non-hydrogen) atoms. The number of methoxy groups -OCH3 is 1. The smallest absolute Gasteiger partial charge is 0.328 e. The number of carbonyl (C=O) groups excluding carboxylic acids is 3. The van der Waals surface area contributed by atoms with E-state index in [1.54, 1.807) is 0 Å². The average Bonchev–Trinajstić information content (AvgIpc) is 2.65. The van der Waals surface area contributed by atoms with E-state index in [4.69, 9.17) is 10.5 Å². The molecule has 1 aromatic carbocycles. The first-order valence-corrected chi connectivity index (χ1v) is 9.63. The van der Waals surface area contributed by atoms with Gasteiger partial charge >= 0.3 is 5.97 Å². The second kappa shape index (κ2) is 11.4. The fourth-order valence-corrected chi connectivity index (χ4v) is 2.73. The zero-order chi connectivity index (χ0) is 21.3. The van der Waals surface area contributed by atoms with Crippen molar-refractivity contribution in [2.75, 3.05) is 7.11 Å². The van der Waals surface area contributed by atoms with E-state index < -0.39 is 30.0 Å². The summed E-state index contributed by atoms with van der Waals surface area (Å²) in [5, 5.41) is 5.45. The van der Waals surface area contributed by atoms with E-state index in [1.807, 2.05) is 58.0 Å². The summed E-state index contributed by atoms with van der Waals surface area (Å²) < 4.78 is 4.84. The molecule has 7 nitrogen and oxygen atoms in total. The maximum Gasteiger partial charge on any atom is 0.328 e. The second-order valence-corrected chi connectivity index (χ2v) is 7.73. The summed E-state index contributed by atoms with van der Waals surface area (Å²) in [6, 6.07) is 7.02. The molecule has 156 valence electrons. The number of ether oxygens (including phenoxy) is 1. The standard InChI is InChI=1S/C21H33N3O4/c1-13(2)11-16(23-20(26)18(22)14(3)4)19(25)24-17(21(27)28-5)12-15-9-7-6-8-10-15/h6-10,13-14,16-18H,11-12,22H2,1-5H3,(H,23,26)(H,24,25)/t16-,17+,18+/m1/s1. The van der Waals surface area contributed by atoms with Gasteiger partial charge in [-0.05, 0) is 23.8 Å². The van der Waals surface area contributed by atoms with E-state index in [9.17, 15) is 14.4 Å². The number of hydrogen-bond acceptors (Lipinski definition) is 5. The Morgan fingerprint density at radius 3 is 2.04 bits per heavy atom. The molecule has 1 aromatic rings. The number of esters is 1.